The van der Waals surface area contributed by atoms with Gasteiger partial charge < -0.3 is 21.5 Å². The molecular weight excluding hydrogens is 440 g/mol. The molecule has 3 rings (SSSR count). The fourth-order valence-electron chi connectivity index (χ4n) is 2.88. The summed E-state index contributed by atoms with van der Waals surface area (Å²) >= 11 is 5.65. The number of halogens is 5. The first kappa shape index (κ1) is 22.1. The first-order chi connectivity index (χ1) is 14.7. The Morgan fingerprint density at radius 2 is 1.97 bits per heavy atom. The summed E-state index contributed by atoms with van der Waals surface area (Å²) in [5.41, 5.74) is -0.364. The van der Waals surface area contributed by atoms with E-state index in [1.54, 1.807) is 6.07 Å². The number of aliphatic imine (C=N–C) groups is 1. The molecule has 0 fully saturated rings. The number of fused-ring (bicyclic) bond motifs is 1. The van der Waals surface area contributed by atoms with Gasteiger partial charge in [-0.3, -0.25) is 4.99 Å². The Bertz CT molecular complexity index is 1200. The Balaban J connectivity index is 1.87. The predicted molar refractivity (Wildman–Crippen MR) is 112 cm³/mol. The second-order valence-corrected chi connectivity index (χ2v) is 6.63. The van der Waals surface area contributed by atoms with E-state index in [1.807, 2.05) is 0 Å². The SMILES string of the molecule is CN=C/C(=N\N)c1ccc2[nH]cc(NC(=O)Nc3ccc(C(F)(F)F)c(Cl)c3)c2c1F. The number of benzene rings is 2. The van der Waals surface area contributed by atoms with Gasteiger partial charge in [0.2, 0.25) is 0 Å². The molecule has 0 aliphatic rings. The summed E-state index contributed by atoms with van der Waals surface area (Å²) in [5, 5.41) is 7.79. The Kier molecular flexibility index (Phi) is 6.16. The number of hydrazone groups is 1. The number of nitrogens with zero attached hydrogens (tertiary/aromatic N) is 2. The number of carbonyl (C=O) groups excluding carboxylic acids is 1. The molecule has 162 valence electrons. The molecule has 0 aliphatic carbocycles. The highest BCUT2D eigenvalue weighted by atomic mass is 35.5. The van der Waals surface area contributed by atoms with Crippen LogP contribution in [0.1, 0.15) is 11.1 Å². The Hall–Kier alpha value is -3.60. The van der Waals surface area contributed by atoms with Crippen LogP contribution in [0.3, 0.4) is 0 Å². The maximum Gasteiger partial charge on any atom is 0.417 e. The summed E-state index contributed by atoms with van der Waals surface area (Å²) in [6.07, 6.45) is -1.97. The molecule has 0 saturated heterocycles. The summed E-state index contributed by atoms with van der Waals surface area (Å²) in [7, 11) is 1.47. The van der Waals surface area contributed by atoms with Crippen molar-refractivity contribution in [1.82, 2.24) is 4.98 Å². The molecule has 2 amide bonds. The normalized spacial score (nSPS) is 12.5. The first-order valence-corrected chi connectivity index (χ1v) is 8.98. The standard InChI is InChI=1S/C19H15ClF4N6O/c1-26-7-14(30-25)10-3-5-13-16(17(10)21)15(8-27-13)29-18(31)28-9-2-4-11(12(20)6-9)19(22,23)24/h2-8,27H,25H2,1H3,(H2,28,29,31)/b26-7?,30-14+. The van der Waals surface area contributed by atoms with E-state index in [0.29, 0.717) is 5.52 Å². The third kappa shape index (κ3) is 4.61. The van der Waals surface area contributed by atoms with Crippen molar-refractivity contribution in [2.24, 2.45) is 15.9 Å². The molecule has 2 aromatic carbocycles. The van der Waals surface area contributed by atoms with Gasteiger partial charge in [-0.15, -0.1) is 0 Å². The molecule has 5 N–H and O–H groups in total. The van der Waals surface area contributed by atoms with E-state index >= 15 is 4.39 Å². The number of amides is 2. The number of nitrogens with one attached hydrogen (secondary N) is 3. The molecule has 12 heteroatoms. The van der Waals surface area contributed by atoms with Gasteiger partial charge in [0.05, 0.1) is 27.2 Å². The molecule has 0 spiro atoms. The molecule has 3 aromatic rings. The van der Waals surface area contributed by atoms with E-state index < -0.39 is 28.6 Å². The van der Waals surface area contributed by atoms with Gasteiger partial charge in [0.25, 0.3) is 0 Å². The maximum atomic E-state index is 15.1. The van der Waals surface area contributed by atoms with Gasteiger partial charge in [-0.25, -0.2) is 9.18 Å². The lowest BCUT2D eigenvalue weighted by Gasteiger charge is -2.12. The first-order valence-electron chi connectivity index (χ1n) is 8.60. The smallest absolute Gasteiger partial charge is 0.359 e. The number of alkyl halides is 3. The van der Waals surface area contributed by atoms with Crippen LogP contribution in [0.2, 0.25) is 5.02 Å². The zero-order valence-electron chi connectivity index (χ0n) is 15.8. The summed E-state index contributed by atoms with van der Waals surface area (Å²) in [4.78, 5) is 18.9. The second kappa shape index (κ2) is 8.64. The van der Waals surface area contributed by atoms with Crippen LogP contribution in [0.25, 0.3) is 10.9 Å². The van der Waals surface area contributed by atoms with Gasteiger partial charge in [0, 0.05) is 30.7 Å². The van der Waals surface area contributed by atoms with E-state index in [2.05, 4.69) is 25.7 Å². The highest BCUT2D eigenvalue weighted by Crippen LogP contribution is 2.36. The average molecular weight is 455 g/mol. The van der Waals surface area contributed by atoms with Crippen molar-refractivity contribution >= 4 is 51.8 Å². The number of rotatable bonds is 4. The van der Waals surface area contributed by atoms with E-state index in [0.717, 1.165) is 18.2 Å². The molecular formula is C19H15ClF4N6O. The maximum absolute atomic E-state index is 15.1. The fraction of sp³-hybridized carbons (Fsp3) is 0.105. The minimum atomic E-state index is -4.62. The lowest BCUT2D eigenvalue weighted by molar-refractivity contribution is -0.137. The van der Waals surface area contributed by atoms with Crippen molar-refractivity contribution in [3.8, 4) is 0 Å². The van der Waals surface area contributed by atoms with Gasteiger partial charge in [0.15, 0.2) is 0 Å². The monoisotopic (exact) mass is 454 g/mol. The Morgan fingerprint density at radius 3 is 2.58 bits per heavy atom. The van der Waals surface area contributed by atoms with Crippen LogP contribution in [0.5, 0.6) is 0 Å². The zero-order valence-corrected chi connectivity index (χ0v) is 16.6. The van der Waals surface area contributed by atoms with Gasteiger partial charge in [-0.1, -0.05) is 11.6 Å². The Labute approximate surface area is 178 Å². The van der Waals surface area contributed by atoms with Crippen LogP contribution in [0, 0.1) is 5.82 Å². The number of hydrogen-bond acceptors (Lipinski definition) is 4. The fourth-order valence-corrected chi connectivity index (χ4v) is 3.17. The molecule has 0 radical (unpaired) electrons. The molecule has 31 heavy (non-hydrogen) atoms. The third-order valence-corrected chi connectivity index (χ3v) is 4.54. The number of anilines is 2. The van der Waals surface area contributed by atoms with E-state index in [1.165, 1.54) is 25.5 Å². The highest BCUT2D eigenvalue weighted by molar-refractivity contribution is 6.38. The predicted octanol–water partition coefficient (Wildman–Crippen LogP) is 4.99. The number of nitrogens with two attached hydrogens (primary N) is 1. The zero-order chi connectivity index (χ0) is 22.8. The molecule has 1 aromatic heterocycles. The van der Waals surface area contributed by atoms with Crippen LogP contribution < -0.4 is 16.5 Å². The van der Waals surface area contributed by atoms with Crippen molar-refractivity contribution in [2.45, 2.75) is 6.18 Å². The topological polar surface area (TPSA) is 108 Å². The van der Waals surface area contributed by atoms with E-state index in [9.17, 15) is 18.0 Å². The number of carbonyl (C=O) groups is 1. The molecule has 0 unspecified atom stereocenters. The molecule has 0 saturated carbocycles. The van der Waals surface area contributed by atoms with Crippen molar-refractivity contribution in [2.75, 3.05) is 17.7 Å². The highest BCUT2D eigenvalue weighted by Gasteiger charge is 2.33. The number of aromatic amines is 1. The summed E-state index contributed by atoms with van der Waals surface area (Å²) in [6.45, 7) is 0. The number of hydrogen-bond donors (Lipinski definition) is 4. The average Bonchev–Trinajstić information content (AvgIpc) is 3.09. The minimum absolute atomic E-state index is 0.0215. The summed E-state index contributed by atoms with van der Waals surface area (Å²) in [6, 6.07) is 4.97. The Morgan fingerprint density at radius 1 is 1.23 bits per heavy atom. The number of H-pyrrole nitrogens is 1. The van der Waals surface area contributed by atoms with Crippen LogP contribution in [0.4, 0.5) is 33.7 Å². The van der Waals surface area contributed by atoms with Gasteiger partial charge >= 0.3 is 12.2 Å². The van der Waals surface area contributed by atoms with Gasteiger partial charge in [-0.2, -0.15) is 18.3 Å². The van der Waals surface area contributed by atoms with E-state index in [-0.39, 0.29) is 28.0 Å². The molecule has 0 bridgehead atoms. The van der Waals surface area contributed by atoms with Crippen LogP contribution in [-0.4, -0.2) is 30.0 Å². The summed E-state index contributed by atoms with van der Waals surface area (Å²) in [5.74, 6) is 4.60. The minimum Gasteiger partial charge on any atom is -0.359 e. The van der Waals surface area contributed by atoms with Crippen LogP contribution in [0.15, 0.2) is 46.6 Å². The van der Waals surface area contributed by atoms with Crippen molar-refractivity contribution in [3.63, 3.8) is 0 Å². The van der Waals surface area contributed by atoms with Crippen molar-refractivity contribution in [3.05, 3.63) is 58.5 Å². The quantitative estimate of drug-likeness (QED) is 0.193. The van der Waals surface area contributed by atoms with Gasteiger partial charge in [0.1, 0.15) is 11.5 Å². The third-order valence-electron chi connectivity index (χ3n) is 4.23. The lowest BCUT2D eigenvalue weighted by atomic mass is 10.1. The van der Waals surface area contributed by atoms with Crippen molar-refractivity contribution < 1.29 is 22.4 Å². The van der Waals surface area contributed by atoms with Crippen LogP contribution >= 0.6 is 11.6 Å². The van der Waals surface area contributed by atoms with Crippen LogP contribution in [-0.2, 0) is 6.18 Å². The van der Waals surface area contributed by atoms with Crippen molar-refractivity contribution in [1.29, 1.82) is 0 Å². The molecule has 0 aliphatic heterocycles. The van der Waals surface area contributed by atoms with Gasteiger partial charge in [-0.05, 0) is 30.3 Å². The molecule has 7 nitrogen and oxygen atoms in total. The largest absolute Gasteiger partial charge is 0.417 e. The summed E-state index contributed by atoms with van der Waals surface area (Å²) < 4.78 is 53.5. The molecule has 1 heterocycles. The van der Waals surface area contributed by atoms with E-state index in [4.69, 9.17) is 17.4 Å². The number of urea groups is 1. The lowest BCUT2D eigenvalue weighted by Crippen LogP contribution is -2.19. The number of aromatic nitrogens is 1. The second-order valence-electron chi connectivity index (χ2n) is 6.23. The molecule has 0 atom stereocenters.